The third-order valence-electron chi connectivity index (χ3n) is 2.87. The summed E-state index contributed by atoms with van der Waals surface area (Å²) in [7, 11) is 0. The van der Waals surface area contributed by atoms with Crippen molar-refractivity contribution in [1.82, 2.24) is 0 Å². The molecule has 0 aromatic heterocycles. The second-order valence-corrected chi connectivity index (χ2v) is 4.60. The minimum atomic E-state index is 0.115. The van der Waals surface area contributed by atoms with E-state index in [4.69, 9.17) is 0 Å². The molecule has 0 radical (unpaired) electrons. The highest BCUT2D eigenvalue weighted by molar-refractivity contribution is 5.89. The van der Waals surface area contributed by atoms with Crippen LogP contribution in [-0.2, 0) is 9.59 Å². The Labute approximate surface area is 116 Å². The Morgan fingerprint density at radius 3 is 1.32 bits per heavy atom. The maximum absolute atomic E-state index is 11.1. The molecule has 0 heterocycles. The third-order valence-corrected chi connectivity index (χ3v) is 2.87. The van der Waals surface area contributed by atoms with Crippen molar-refractivity contribution in [2.24, 2.45) is 0 Å². The second-order valence-electron chi connectivity index (χ2n) is 4.60. The lowest BCUT2D eigenvalue weighted by Crippen LogP contribution is -1.92. The summed E-state index contributed by atoms with van der Waals surface area (Å²) in [5.41, 5.74) is 5.00. The summed E-state index contributed by atoms with van der Waals surface area (Å²) in [5, 5.41) is 0. The maximum Gasteiger partial charge on any atom is 0.163 e. The molecule has 0 atom stereocenters. The zero-order valence-electron chi connectivity index (χ0n) is 11.7. The van der Waals surface area contributed by atoms with Crippen LogP contribution in [0.5, 0.6) is 0 Å². The molecule has 2 nitrogen and oxygen atoms in total. The lowest BCUT2D eigenvalue weighted by Gasteiger charge is -2.00. The van der Waals surface area contributed by atoms with Crippen molar-refractivity contribution in [3.63, 3.8) is 0 Å². The van der Waals surface area contributed by atoms with Gasteiger partial charge in [-0.2, -0.15) is 0 Å². The third kappa shape index (κ3) is 12.6. The molecule has 0 aliphatic carbocycles. The quantitative estimate of drug-likeness (QED) is 0.297. The Hall–Kier alpha value is -1.62. The number of rotatable bonds is 12. The monoisotopic (exact) mass is 260 g/mol. The smallest absolute Gasteiger partial charge is 0.163 e. The summed E-state index contributed by atoms with van der Waals surface area (Å²) in [6.45, 7) is 6.75. The van der Waals surface area contributed by atoms with E-state index < -0.39 is 0 Å². The van der Waals surface area contributed by atoms with E-state index in [1.807, 2.05) is 0 Å². The molecule has 0 spiro atoms. The van der Waals surface area contributed by atoms with E-state index in [0.29, 0.717) is 12.8 Å². The highest BCUT2D eigenvalue weighted by atomic mass is 16.1. The molecule has 0 saturated carbocycles. The van der Waals surface area contributed by atoms with Gasteiger partial charge in [-0.15, -0.1) is 11.5 Å². The summed E-state index contributed by atoms with van der Waals surface area (Å²) in [5.74, 6) is 0.229. The van der Waals surface area contributed by atoms with E-state index in [9.17, 15) is 9.59 Å². The number of ketones is 2. The van der Waals surface area contributed by atoms with Gasteiger partial charge in [0.05, 0.1) is 0 Å². The number of allylic oxidation sites excluding steroid dienone is 2. The van der Waals surface area contributed by atoms with Crippen LogP contribution in [0, 0.1) is 0 Å². The fraction of sp³-hybridized carbons (Fsp3) is 0.529. The van der Waals surface area contributed by atoms with Crippen molar-refractivity contribution < 1.29 is 9.59 Å². The first-order valence-corrected chi connectivity index (χ1v) is 6.98. The van der Waals surface area contributed by atoms with E-state index in [2.05, 4.69) is 24.6 Å². The molecule has 104 valence electrons. The Bertz CT molecular complexity index is 331. The van der Waals surface area contributed by atoms with Crippen LogP contribution in [0.15, 0.2) is 36.8 Å². The van der Waals surface area contributed by atoms with E-state index in [1.54, 1.807) is 0 Å². The van der Waals surface area contributed by atoms with Crippen molar-refractivity contribution in [3.8, 4) is 0 Å². The van der Waals surface area contributed by atoms with Crippen LogP contribution >= 0.6 is 0 Å². The predicted octanol–water partition coefficient (Wildman–Crippen LogP) is 4.32. The van der Waals surface area contributed by atoms with E-state index in [-0.39, 0.29) is 11.6 Å². The lowest BCUT2D eigenvalue weighted by molar-refractivity contribution is -0.115. The predicted molar refractivity (Wildman–Crippen MR) is 79.0 cm³/mol. The van der Waals surface area contributed by atoms with Gasteiger partial charge in [0.2, 0.25) is 0 Å². The Kier molecular flexibility index (Phi) is 11.7. The number of hydrogen-bond acceptors (Lipinski definition) is 2. The van der Waals surface area contributed by atoms with E-state index in [0.717, 1.165) is 38.5 Å². The van der Waals surface area contributed by atoms with Crippen LogP contribution in [0.3, 0.4) is 0 Å². The summed E-state index contributed by atoms with van der Waals surface area (Å²) >= 11 is 0. The molecule has 0 aliphatic heterocycles. The second kappa shape index (κ2) is 12.8. The van der Waals surface area contributed by atoms with Gasteiger partial charge < -0.3 is 0 Å². The molecule has 2 heteroatoms. The largest absolute Gasteiger partial charge is 0.294 e. The number of unbranched alkanes of at least 4 members (excludes halogenated alkanes) is 6. The average molecular weight is 260 g/mol. The van der Waals surface area contributed by atoms with Crippen LogP contribution in [0.1, 0.15) is 57.8 Å². The van der Waals surface area contributed by atoms with Gasteiger partial charge >= 0.3 is 0 Å². The van der Waals surface area contributed by atoms with Crippen LogP contribution < -0.4 is 0 Å². The zero-order valence-corrected chi connectivity index (χ0v) is 11.7. The highest BCUT2D eigenvalue weighted by Gasteiger charge is 1.98. The number of carbonyl (C=O) groups excluding carboxylic acids is 2. The van der Waals surface area contributed by atoms with Crippen LogP contribution in [-0.4, -0.2) is 11.6 Å². The molecule has 0 aromatic rings. The molecule has 0 N–H and O–H groups in total. The Balaban J connectivity index is 3.27. The van der Waals surface area contributed by atoms with Crippen LogP contribution in [0.25, 0.3) is 0 Å². The van der Waals surface area contributed by atoms with Gasteiger partial charge in [0.25, 0.3) is 0 Å². The SMILES string of the molecule is C=C=CC(=O)CCCCCCCCCC(=O)C=C=C. The fourth-order valence-corrected chi connectivity index (χ4v) is 1.85. The van der Waals surface area contributed by atoms with Crippen molar-refractivity contribution in [1.29, 1.82) is 0 Å². The zero-order chi connectivity index (χ0) is 14.3. The van der Waals surface area contributed by atoms with E-state index in [1.165, 1.54) is 18.6 Å². The lowest BCUT2D eigenvalue weighted by atomic mass is 10.1. The first-order valence-electron chi connectivity index (χ1n) is 6.98. The Morgan fingerprint density at radius 2 is 1.00 bits per heavy atom. The van der Waals surface area contributed by atoms with Gasteiger partial charge in [-0.25, -0.2) is 0 Å². The average Bonchev–Trinajstić information content (AvgIpc) is 2.37. The van der Waals surface area contributed by atoms with Crippen molar-refractivity contribution >= 4 is 11.6 Å². The molecule has 0 bridgehead atoms. The van der Waals surface area contributed by atoms with Gasteiger partial charge in [0.15, 0.2) is 11.6 Å². The first-order chi connectivity index (χ1) is 9.20. The van der Waals surface area contributed by atoms with E-state index >= 15 is 0 Å². The van der Waals surface area contributed by atoms with Gasteiger partial charge in [0.1, 0.15) is 0 Å². The van der Waals surface area contributed by atoms with Crippen molar-refractivity contribution in [3.05, 3.63) is 36.8 Å². The van der Waals surface area contributed by atoms with Crippen molar-refractivity contribution in [2.45, 2.75) is 57.8 Å². The minimum absolute atomic E-state index is 0.115. The van der Waals surface area contributed by atoms with Gasteiger partial charge in [-0.1, -0.05) is 45.3 Å². The summed E-state index contributed by atoms with van der Waals surface area (Å²) in [4.78, 5) is 22.3. The standard InChI is InChI=1S/C17H24O2/c1-3-12-16(18)14-10-8-6-5-7-9-11-15-17(19)13-4-2/h12-13H,1-2,5-11,14-15H2. The fourth-order valence-electron chi connectivity index (χ4n) is 1.85. The highest BCUT2D eigenvalue weighted by Crippen LogP contribution is 2.10. The normalized spacial score (nSPS) is 9.26. The molecular weight excluding hydrogens is 236 g/mol. The molecular formula is C17H24O2. The molecule has 0 unspecified atom stereocenters. The number of hydrogen-bond donors (Lipinski definition) is 0. The Morgan fingerprint density at radius 1 is 0.684 bits per heavy atom. The van der Waals surface area contributed by atoms with Crippen LogP contribution in [0.2, 0.25) is 0 Å². The van der Waals surface area contributed by atoms with Gasteiger partial charge in [-0.05, 0) is 12.8 Å². The molecule has 0 aliphatic rings. The molecule has 0 fully saturated rings. The summed E-state index contributed by atoms with van der Waals surface area (Å²) < 4.78 is 0. The minimum Gasteiger partial charge on any atom is -0.294 e. The van der Waals surface area contributed by atoms with Crippen molar-refractivity contribution in [2.75, 3.05) is 0 Å². The molecule has 19 heavy (non-hydrogen) atoms. The topological polar surface area (TPSA) is 34.1 Å². The summed E-state index contributed by atoms with van der Waals surface area (Å²) in [6.07, 6.45) is 11.6. The first kappa shape index (κ1) is 17.4. The van der Waals surface area contributed by atoms with Crippen LogP contribution in [0.4, 0.5) is 0 Å². The number of carbonyl (C=O) groups is 2. The molecule has 0 aromatic carbocycles. The summed E-state index contributed by atoms with van der Waals surface area (Å²) in [6, 6.07) is 0. The van der Waals surface area contributed by atoms with Gasteiger partial charge in [-0.3, -0.25) is 9.59 Å². The molecule has 0 saturated heterocycles. The molecule has 0 amide bonds. The van der Waals surface area contributed by atoms with Gasteiger partial charge in [0, 0.05) is 25.0 Å². The molecule has 0 rings (SSSR count). The maximum atomic E-state index is 11.1.